The molecule has 28 heavy (non-hydrogen) atoms. The third kappa shape index (κ3) is 4.17. The zero-order chi connectivity index (χ0) is 22.7. The highest BCUT2D eigenvalue weighted by molar-refractivity contribution is 6.10. The summed E-state index contributed by atoms with van der Waals surface area (Å²) in [5.74, 6) is -7.95. The van der Waals surface area contributed by atoms with Crippen LogP contribution in [0.2, 0.25) is 0 Å². The fourth-order valence-corrected chi connectivity index (χ4v) is 3.89. The van der Waals surface area contributed by atoms with E-state index in [2.05, 4.69) is 0 Å². The number of carboxylic acid groups (broad SMARTS) is 3. The fourth-order valence-electron chi connectivity index (χ4n) is 3.89. The quantitative estimate of drug-likeness (QED) is 0.192. The minimum absolute atomic E-state index is 0.655. The van der Waals surface area contributed by atoms with Crippen LogP contribution >= 0.6 is 0 Å². The summed E-state index contributed by atoms with van der Waals surface area (Å²) in [4.78, 5) is 48.9. The number of hydrogen-bond donors (Lipinski definition) is 7. The minimum Gasteiger partial charge on any atom is -0.481 e. The van der Waals surface area contributed by atoms with Crippen molar-refractivity contribution in [3.8, 4) is 0 Å². The van der Waals surface area contributed by atoms with Gasteiger partial charge >= 0.3 is 17.9 Å². The Bertz CT molecular complexity index is 599. The number of aliphatic hydroxyl groups is 4. The van der Waals surface area contributed by atoms with Gasteiger partial charge in [0.1, 0.15) is 5.41 Å². The van der Waals surface area contributed by atoms with E-state index < -0.39 is 77.7 Å². The molecule has 11 heteroatoms. The first-order valence-electron chi connectivity index (χ1n) is 8.50. The maximum absolute atomic E-state index is 12.4. The molecule has 7 N–H and O–H groups in total. The van der Waals surface area contributed by atoms with Crippen LogP contribution < -0.4 is 0 Å². The molecule has 0 saturated carbocycles. The summed E-state index contributed by atoms with van der Waals surface area (Å²) in [5.41, 5.74) is -10.1. The lowest BCUT2D eigenvalue weighted by atomic mass is 9.52. The molecule has 5 atom stereocenters. The van der Waals surface area contributed by atoms with E-state index in [0.29, 0.717) is 6.92 Å². The standard InChI is InChI=1S/C17H28O11/c1-8(18)5-15(12(22)23,6-9(2)19)17(28,14(26)27)16(11(4)21,13(24)25)7-10(3)20/h8-10,18-20,28H,5-7H2,1-4H3,(H,22,23)(H,24,25)(H,26,27). The van der Waals surface area contributed by atoms with Crippen LogP contribution in [0.3, 0.4) is 0 Å². The highest BCUT2D eigenvalue weighted by Crippen LogP contribution is 2.53. The van der Waals surface area contributed by atoms with Crippen LogP contribution in [0.1, 0.15) is 47.0 Å². The molecule has 0 spiro atoms. The zero-order valence-electron chi connectivity index (χ0n) is 16.1. The second kappa shape index (κ2) is 8.95. The van der Waals surface area contributed by atoms with Crippen LogP contribution in [0, 0.1) is 10.8 Å². The Balaban J connectivity index is 7.48. The third-order valence-electron chi connectivity index (χ3n) is 4.88. The SMILES string of the molecule is CC(=O)C(CC(C)O)(C(=O)O)C(O)(C(=O)O)C(CC(C)O)(CC(C)O)C(=O)O. The van der Waals surface area contributed by atoms with Gasteiger partial charge in [0.25, 0.3) is 0 Å². The van der Waals surface area contributed by atoms with E-state index >= 15 is 0 Å². The van der Waals surface area contributed by atoms with Gasteiger partial charge in [0.05, 0.1) is 18.3 Å². The van der Waals surface area contributed by atoms with Gasteiger partial charge < -0.3 is 35.7 Å². The van der Waals surface area contributed by atoms with Crippen molar-refractivity contribution in [3.63, 3.8) is 0 Å². The van der Waals surface area contributed by atoms with Crippen LogP contribution in [0.25, 0.3) is 0 Å². The molecule has 0 fully saturated rings. The topological polar surface area (TPSA) is 210 Å². The highest BCUT2D eigenvalue weighted by atomic mass is 16.4. The predicted octanol–water partition coefficient (Wildman–Crippen LogP) is -1.15. The molecule has 0 aliphatic heterocycles. The lowest BCUT2D eigenvalue weighted by Crippen LogP contribution is -2.73. The Kier molecular flexibility index (Phi) is 8.28. The average molecular weight is 408 g/mol. The van der Waals surface area contributed by atoms with Gasteiger partial charge in [-0.05, 0) is 47.0 Å². The number of carboxylic acids is 3. The van der Waals surface area contributed by atoms with Crippen molar-refractivity contribution in [1.82, 2.24) is 0 Å². The second-order valence-corrected chi connectivity index (χ2v) is 7.33. The molecule has 11 nitrogen and oxygen atoms in total. The summed E-state index contributed by atoms with van der Waals surface area (Å²) in [7, 11) is 0. The van der Waals surface area contributed by atoms with Crippen LogP contribution in [0.15, 0.2) is 0 Å². The molecule has 162 valence electrons. The highest BCUT2D eigenvalue weighted by Gasteiger charge is 2.75. The first kappa shape index (κ1) is 25.9. The number of carbonyl (C=O) groups excluding carboxylic acids is 1. The van der Waals surface area contributed by atoms with Crippen molar-refractivity contribution in [2.45, 2.75) is 70.9 Å². The van der Waals surface area contributed by atoms with Gasteiger partial charge in [0.2, 0.25) is 5.60 Å². The molecule has 0 aliphatic rings. The minimum atomic E-state index is -3.82. The van der Waals surface area contributed by atoms with Gasteiger partial charge in [-0.15, -0.1) is 0 Å². The lowest BCUT2D eigenvalue weighted by Gasteiger charge is -2.50. The predicted molar refractivity (Wildman–Crippen MR) is 92.3 cm³/mol. The summed E-state index contributed by atoms with van der Waals surface area (Å²) in [6.45, 7) is 3.84. The van der Waals surface area contributed by atoms with E-state index in [4.69, 9.17) is 0 Å². The fraction of sp³-hybridized carbons (Fsp3) is 0.765. The summed E-state index contributed by atoms with van der Waals surface area (Å²) < 4.78 is 0. The van der Waals surface area contributed by atoms with Crippen molar-refractivity contribution in [3.05, 3.63) is 0 Å². The number of carbonyl (C=O) groups is 4. The Labute approximate surface area is 161 Å². The van der Waals surface area contributed by atoms with Crippen molar-refractivity contribution < 1.29 is 54.9 Å². The van der Waals surface area contributed by atoms with Gasteiger partial charge in [0.15, 0.2) is 11.2 Å². The number of ketones is 1. The number of hydrogen-bond acceptors (Lipinski definition) is 8. The Morgan fingerprint density at radius 1 is 0.714 bits per heavy atom. The third-order valence-corrected chi connectivity index (χ3v) is 4.88. The Hall–Kier alpha value is -2.08. The van der Waals surface area contributed by atoms with E-state index in [9.17, 15) is 54.9 Å². The molecule has 5 unspecified atom stereocenters. The monoisotopic (exact) mass is 408 g/mol. The summed E-state index contributed by atoms with van der Waals surface area (Å²) >= 11 is 0. The molecule has 0 bridgehead atoms. The van der Waals surface area contributed by atoms with Crippen molar-refractivity contribution in [2.24, 2.45) is 10.8 Å². The first-order valence-corrected chi connectivity index (χ1v) is 8.50. The summed E-state index contributed by atoms with van der Waals surface area (Å²) in [6, 6.07) is 0. The van der Waals surface area contributed by atoms with E-state index in [0.717, 1.165) is 20.8 Å². The van der Waals surface area contributed by atoms with Crippen molar-refractivity contribution in [1.29, 1.82) is 0 Å². The van der Waals surface area contributed by atoms with E-state index in [1.807, 2.05) is 0 Å². The number of rotatable bonds is 12. The molecular formula is C17H28O11. The molecule has 0 rings (SSSR count). The maximum atomic E-state index is 12.4. The summed E-state index contributed by atoms with van der Waals surface area (Å²) in [5, 5.41) is 70.0. The summed E-state index contributed by atoms with van der Waals surface area (Å²) in [6.07, 6.45) is -7.81. The van der Waals surface area contributed by atoms with Crippen molar-refractivity contribution in [2.75, 3.05) is 0 Å². The van der Waals surface area contributed by atoms with Crippen LogP contribution in [-0.2, 0) is 19.2 Å². The number of aliphatic carboxylic acids is 3. The molecule has 0 aromatic carbocycles. The van der Waals surface area contributed by atoms with E-state index in [1.54, 1.807) is 0 Å². The van der Waals surface area contributed by atoms with E-state index in [1.165, 1.54) is 0 Å². The number of Topliss-reactive ketones (excluding diaryl/α,β-unsaturated/α-hetero) is 1. The van der Waals surface area contributed by atoms with Crippen LogP contribution in [-0.4, -0.2) is 83.3 Å². The van der Waals surface area contributed by atoms with Gasteiger partial charge in [-0.1, -0.05) is 0 Å². The van der Waals surface area contributed by atoms with Gasteiger partial charge in [-0.2, -0.15) is 0 Å². The first-order chi connectivity index (χ1) is 12.5. The maximum Gasteiger partial charge on any atom is 0.338 e. The molecule has 0 amide bonds. The molecule has 0 heterocycles. The largest absolute Gasteiger partial charge is 0.481 e. The zero-order valence-corrected chi connectivity index (χ0v) is 16.1. The van der Waals surface area contributed by atoms with Gasteiger partial charge in [0, 0.05) is 0 Å². The van der Waals surface area contributed by atoms with Gasteiger partial charge in [-0.25, -0.2) is 4.79 Å². The van der Waals surface area contributed by atoms with Crippen molar-refractivity contribution >= 4 is 23.7 Å². The number of aliphatic hydroxyl groups excluding tert-OH is 3. The van der Waals surface area contributed by atoms with Crippen LogP contribution in [0.4, 0.5) is 0 Å². The Morgan fingerprint density at radius 3 is 1.25 bits per heavy atom. The molecule has 0 saturated heterocycles. The van der Waals surface area contributed by atoms with E-state index in [-0.39, 0.29) is 0 Å². The molecule has 0 aromatic rings. The lowest BCUT2D eigenvalue weighted by molar-refractivity contribution is -0.230. The molecule has 0 radical (unpaired) electrons. The van der Waals surface area contributed by atoms with Gasteiger partial charge in [-0.3, -0.25) is 14.4 Å². The average Bonchev–Trinajstić information content (AvgIpc) is 2.48. The normalized spacial score (nSPS) is 21.3. The smallest absolute Gasteiger partial charge is 0.338 e. The molecule has 0 aromatic heterocycles. The molecule has 0 aliphatic carbocycles. The molecular weight excluding hydrogens is 380 g/mol. The van der Waals surface area contributed by atoms with Crippen LogP contribution in [0.5, 0.6) is 0 Å². The Morgan fingerprint density at radius 2 is 1.07 bits per heavy atom. The second-order valence-electron chi connectivity index (χ2n) is 7.33.